The number of carboxylic acids is 1. The van der Waals surface area contributed by atoms with Crippen LogP contribution in [-0.4, -0.2) is 41.7 Å². The molecule has 4 rings (SSSR count). The first-order valence-electron chi connectivity index (χ1n) is 10.2. The number of benzene rings is 2. The van der Waals surface area contributed by atoms with Gasteiger partial charge in [0.15, 0.2) is 0 Å². The van der Waals surface area contributed by atoms with E-state index in [9.17, 15) is 26.4 Å². The molecule has 0 amide bonds. The SMILES string of the molecule is Cn1cnc(-c2ccc3c(c2)N(S(=O)(=O)c2cccc(C(F)(F)F)c2)C[C@H](CCC(=O)O)O3)c1. The summed E-state index contributed by atoms with van der Waals surface area (Å²) >= 11 is 0. The van der Waals surface area contributed by atoms with E-state index < -0.39 is 38.7 Å². The van der Waals surface area contributed by atoms with E-state index in [2.05, 4.69) is 4.98 Å². The number of fused-ring (bicyclic) bond motifs is 1. The monoisotopic (exact) mass is 495 g/mol. The zero-order valence-electron chi connectivity index (χ0n) is 17.9. The third-order valence-corrected chi connectivity index (χ3v) is 7.10. The lowest BCUT2D eigenvalue weighted by molar-refractivity contribution is -0.138. The lowest BCUT2D eigenvalue weighted by Gasteiger charge is -2.35. The van der Waals surface area contributed by atoms with Gasteiger partial charge >= 0.3 is 12.1 Å². The molecule has 0 spiro atoms. The number of alkyl halides is 3. The Labute approximate surface area is 193 Å². The number of anilines is 1. The van der Waals surface area contributed by atoms with Gasteiger partial charge in [-0.05, 0) is 42.8 Å². The number of carboxylic acid groups (broad SMARTS) is 1. The fourth-order valence-corrected chi connectivity index (χ4v) is 5.20. The third-order valence-electron chi connectivity index (χ3n) is 5.32. The summed E-state index contributed by atoms with van der Waals surface area (Å²) in [6.45, 7) is -0.259. The Balaban J connectivity index is 1.80. The Morgan fingerprint density at radius 3 is 2.65 bits per heavy atom. The molecule has 1 aliphatic heterocycles. The maximum absolute atomic E-state index is 13.5. The summed E-state index contributed by atoms with van der Waals surface area (Å²) in [4.78, 5) is 14.7. The van der Waals surface area contributed by atoms with Crippen LogP contribution in [0.4, 0.5) is 18.9 Å². The molecule has 2 aromatic carbocycles. The van der Waals surface area contributed by atoms with Crippen molar-refractivity contribution in [3.63, 3.8) is 0 Å². The maximum Gasteiger partial charge on any atom is 0.416 e. The van der Waals surface area contributed by atoms with Crippen molar-refractivity contribution in [3.8, 4) is 17.0 Å². The summed E-state index contributed by atoms with van der Waals surface area (Å²) in [5.41, 5.74) is 0.185. The van der Waals surface area contributed by atoms with E-state index in [0.717, 1.165) is 22.5 Å². The number of imidazole rings is 1. The lowest BCUT2D eigenvalue weighted by atomic mass is 10.1. The van der Waals surface area contributed by atoms with E-state index in [0.29, 0.717) is 17.3 Å². The molecule has 0 bridgehead atoms. The Bertz CT molecular complexity index is 1340. The van der Waals surface area contributed by atoms with Crippen LogP contribution in [-0.2, 0) is 28.0 Å². The van der Waals surface area contributed by atoms with E-state index in [4.69, 9.17) is 9.84 Å². The number of aliphatic carboxylic acids is 1. The van der Waals surface area contributed by atoms with Crippen LogP contribution >= 0.6 is 0 Å². The van der Waals surface area contributed by atoms with Gasteiger partial charge in [0.1, 0.15) is 11.9 Å². The normalized spacial score (nSPS) is 16.1. The second-order valence-corrected chi connectivity index (χ2v) is 9.70. The molecule has 0 fully saturated rings. The number of carbonyl (C=O) groups is 1. The topological polar surface area (TPSA) is 102 Å². The molecule has 3 aromatic rings. The first-order chi connectivity index (χ1) is 15.9. The number of hydrogen-bond acceptors (Lipinski definition) is 5. The molecule has 12 heteroatoms. The van der Waals surface area contributed by atoms with Gasteiger partial charge in [-0.1, -0.05) is 6.07 Å². The number of aromatic nitrogens is 2. The van der Waals surface area contributed by atoms with Crippen molar-refractivity contribution in [2.75, 3.05) is 10.8 Å². The molecule has 1 aliphatic rings. The number of aryl methyl sites for hydroxylation is 1. The van der Waals surface area contributed by atoms with E-state index in [1.54, 1.807) is 36.3 Å². The highest BCUT2D eigenvalue weighted by atomic mass is 32.2. The average molecular weight is 495 g/mol. The van der Waals surface area contributed by atoms with Crippen molar-refractivity contribution in [1.29, 1.82) is 0 Å². The summed E-state index contributed by atoms with van der Waals surface area (Å²) < 4.78 is 75.3. The Hall–Kier alpha value is -3.54. The molecule has 8 nitrogen and oxygen atoms in total. The van der Waals surface area contributed by atoms with E-state index >= 15 is 0 Å². The zero-order valence-corrected chi connectivity index (χ0v) is 18.7. The van der Waals surface area contributed by atoms with Gasteiger partial charge in [-0.25, -0.2) is 13.4 Å². The van der Waals surface area contributed by atoms with Crippen LogP contribution < -0.4 is 9.04 Å². The highest BCUT2D eigenvalue weighted by molar-refractivity contribution is 7.92. The minimum atomic E-state index is -4.72. The fraction of sp³-hybridized carbons (Fsp3) is 0.273. The van der Waals surface area contributed by atoms with Crippen LogP contribution in [0.2, 0.25) is 0 Å². The molecule has 0 saturated carbocycles. The predicted octanol–water partition coefficient (Wildman–Crippen LogP) is 3.93. The number of sulfonamides is 1. The van der Waals surface area contributed by atoms with Crippen LogP contribution in [0.15, 0.2) is 59.9 Å². The summed E-state index contributed by atoms with van der Waals surface area (Å²) in [7, 11) is -2.67. The summed E-state index contributed by atoms with van der Waals surface area (Å²) in [5, 5.41) is 9.01. The van der Waals surface area contributed by atoms with E-state index in [1.165, 1.54) is 6.07 Å². The molecule has 180 valence electrons. The maximum atomic E-state index is 13.5. The van der Waals surface area contributed by atoms with Crippen LogP contribution in [0.5, 0.6) is 5.75 Å². The molecule has 1 aromatic heterocycles. The lowest BCUT2D eigenvalue weighted by Crippen LogP contribution is -2.43. The average Bonchev–Trinajstić information content (AvgIpc) is 3.22. The molecule has 0 radical (unpaired) electrons. The number of hydrogen-bond donors (Lipinski definition) is 1. The molecular formula is C22H20F3N3O5S. The zero-order chi connectivity index (χ0) is 24.7. The molecular weight excluding hydrogens is 475 g/mol. The summed E-state index contributed by atoms with van der Waals surface area (Å²) in [6, 6.07) is 8.26. The van der Waals surface area contributed by atoms with Crippen LogP contribution in [0.1, 0.15) is 18.4 Å². The van der Waals surface area contributed by atoms with Crippen molar-refractivity contribution in [1.82, 2.24) is 9.55 Å². The second kappa shape index (κ2) is 8.67. The van der Waals surface area contributed by atoms with Crippen LogP contribution in [0.25, 0.3) is 11.3 Å². The minimum Gasteiger partial charge on any atom is -0.486 e. The Kier molecular flexibility index (Phi) is 6.02. The summed E-state index contributed by atoms with van der Waals surface area (Å²) in [5.74, 6) is -0.899. The van der Waals surface area contributed by atoms with Gasteiger partial charge in [-0.3, -0.25) is 9.10 Å². The van der Waals surface area contributed by atoms with Gasteiger partial charge in [-0.2, -0.15) is 13.2 Å². The van der Waals surface area contributed by atoms with E-state index in [1.807, 2.05) is 0 Å². The second-order valence-electron chi connectivity index (χ2n) is 7.84. The van der Waals surface area contributed by atoms with Gasteiger partial charge < -0.3 is 14.4 Å². The number of halogens is 3. The van der Waals surface area contributed by atoms with Crippen molar-refractivity contribution in [2.24, 2.45) is 7.05 Å². The van der Waals surface area contributed by atoms with Gasteiger partial charge in [0.25, 0.3) is 10.0 Å². The smallest absolute Gasteiger partial charge is 0.416 e. The largest absolute Gasteiger partial charge is 0.486 e. The summed E-state index contributed by atoms with van der Waals surface area (Å²) in [6.07, 6.45) is -2.46. The molecule has 2 heterocycles. The minimum absolute atomic E-state index is 0.0192. The van der Waals surface area contributed by atoms with Crippen molar-refractivity contribution < 1.29 is 36.2 Å². The van der Waals surface area contributed by atoms with Crippen LogP contribution in [0, 0.1) is 0 Å². The highest BCUT2D eigenvalue weighted by Crippen LogP contribution is 2.41. The third kappa shape index (κ3) is 4.72. The van der Waals surface area contributed by atoms with Gasteiger partial charge in [0.2, 0.25) is 0 Å². The number of ether oxygens (including phenoxy) is 1. The molecule has 1 atom stereocenters. The molecule has 1 N–H and O–H groups in total. The highest BCUT2D eigenvalue weighted by Gasteiger charge is 2.37. The first kappa shape index (κ1) is 23.6. The Morgan fingerprint density at radius 2 is 2.00 bits per heavy atom. The molecule has 0 unspecified atom stereocenters. The van der Waals surface area contributed by atoms with E-state index in [-0.39, 0.29) is 30.8 Å². The van der Waals surface area contributed by atoms with Gasteiger partial charge in [0.05, 0.1) is 34.7 Å². The standard InChI is InChI=1S/C22H20F3N3O5S/c1-27-12-18(26-13-27)14-5-7-20-19(9-14)28(11-16(33-20)6-8-21(29)30)34(31,32)17-4-2-3-15(10-17)22(23,24)25/h2-5,7,9-10,12-13,16H,6,8,11H2,1H3,(H,29,30)/t16-/m0/s1. The fourth-order valence-electron chi connectivity index (χ4n) is 3.66. The van der Waals surface area contributed by atoms with Crippen molar-refractivity contribution in [2.45, 2.75) is 30.0 Å². The molecule has 0 aliphatic carbocycles. The quantitative estimate of drug-likeness (QED) is 0.556. The van der Waals surface area contributed by atoms with Crippen LogP contribution in [0.3, 0.4) is 0 Å². The number of rotatable bonds is 6. The molecule has 34 heavy (non-hydrogen) atoms. The van der Waals surface area contributed by atoms with Crippen molar-refractivity contribution in [3.05, 3.63) is 60.6 Å². The first-order valence-corrected chi connectivity index (χ1v) is 11.6. The molecule has 0 saturated heterocycles. The van der Waals surface area contributed by atoms with Crippen molar-refractivity contribution >= 4 is 21.7 Å². The Morgan fingerprint density at radius 1 is 1.24 bits per heavy atom. The predicted molar refractivity (Wildman–Crippen MR) is 116 cm³/mol. The van der Waals surface area contributed by atoms with Gasteiger partial charge in [0, 0.05) is 25.2 Å². The number of nitrogens with zero attached hydrogens (tertiary/aromatic N) is 3. The van der Waals surface area contributed by atoms with Gasteiger partial charge in [-0.15, -0.1) is 0 Å².